The van der Waals surface area contributed by atoms with Crippen LogP contribution < -0.4 is 0 Å². The predicted molar refractivity (Wildman–Crippen MR) is 67.1 cm³/mol. The van der Waals surface area contributed by atoms with Crippen molar-refractivity contribution in [3.63, 3.8) is 0 Å². The SMILES string of the molecule is CC(=O)CCCCSCc1ccccc1. The average molecular weight is 222 g/mol. The molecule has 0 aliphatic rings. The van der Waals surface area contributed by atoms with Gasteiger partial charge >= 0.3 is 0 Å². The van der Waals surface area contributed by atoms with Gasteiger partial charge in [-0.25, -0.2) is 0 Å². The van der Waals surface area contributed by atoms with Crippen LogP contribution in [0, 0.1) is 0 Å². The second-order valence-corrected chi connectivity index (χ2v) is 4.80. The molecule has 1 nitrogen and oxygen atoms in total. The van der Waals surface area contributed by atoms with Crippen molar-refractivity contribution in [2.75, 3.05) is 5.75 Å². The summed E-state index contributed by atoms with van der Waals surface area (Å²) < 4.78 is 0. The Morgan fingerprint density at radius 2 is 1.93 bits per heavy atom. The number of carbonyl (C=O) groups excluding carboxylic acids is 1. The lowest BCUT2D eigenvalue weighted by molar-refractivity contribution is -0.117. The first kappa shape index (κ1) is 12.3. The van der Waals surface area contributed by atoms with Crippen LogP contribution in [0.4, 0.5) is 0 Å². The molecule has 0 saturated carbocycles. The standard InChI is InChI=1S/C13H18OS/c1-12(14)7-5-6-10-15-11-13-8-3-2-4-9-13/h2-4,8-9H,5-7,10-11H2,1H3. The van der Waals surface area contributed by atoms with E-state index in [2.05, 4.69) is 24.3 Å². The minimum absolute atomic E-state index is 0.308. The Bertz CT molecular complexity index is 282. The van der Waals surface area contributed by atoms with Crippen LogP contribution >= 0.6 is 11.8 Å². The number of thioether (sulfide) groups is 1. The van der Waals surface area contributed by atoms with Crippen molar-refractivity contribution in [1.82, 2.24) is 0 Å². The molecular formula is C13H18OS. The molecule has 0 aliphatic carbocycles. The summed E-state index contributed by atoms with van der Waals surface area (Å²) in [7, 11) is 0. The van der Waals surface area contributed by atoms with Gasteiger partial charge in [0.25, 0.3) is 0 Å². The molecule has 0 aliphatic heterocycles. The molecule has 0 radical (unpaired) electrons. The average Bonchev–Trinajstić information content (AvgIpc) is 2.24. The van der Waals surface area contributed by atoms with Gasteiger partial charge in [0.15, 0.2) is 0 Å². The molecule has 2 heteroatoms. The quantitative estimate of drug-likeness (QED) is 0.655. The number of rotatable bonds is 7. The van der Waals surface area contributed by atoms with Gasteiger partial charge in [-0.05, 0) is 31.1 Å². The molecule has 0 heterocycles. The highest BCUT2D eigenvalue weighted by Crippen LogP contribution is 2.13. The van der Waals surface area contributed by atoms with E-state index in [1.54, 1.807) is 6.92 Å². The van der Waals surface area contributed by atoms with Crippen molar-refractivity contribution in [3.8, 4) is 0 Å². The van der Waals surface area contributed by atoms with Crippen molar-refractivity contribution in [2.24, 2.45) is 0 Å². The third-order valence-electron chi connectivity index (χ3n) is 2.18. The summed E-state index contributed by atoms with van der Waals surface area (Å²) in [5.41, 5.74) is 1.38. The van der Waals surface area contributed by atoms with E-state index in [1.807, 2.05) is 17.8 Å². The highest BCUT2D eigenvalue weighted by molar-refractivity contribution is 7.98. The van der Waals surface area contributed by atoms with Crippen molar-refractivity contribution in [1.29, 1.82) is 0 Å². The fraction of sp³-hybridized carbons (Fsp3) is 0.462. The minimum Gasteiger partial charge on any atom is -0.300 e. The van der Waals surface area contributed by atoms with E-state index in [0.717, 1.165) is 30.8 Å². The summed E-state index contributed by atoms with van der Waals surface area (Å²) in [6.45, 7) is 1.66. The van der Waals surface area contributed by atoms with Crippen LogP contribution in [0.25, 0.3) is 0 Å². The molecule has 0 aromatic heterocycles. The first-order chi connectivity index (χ1) is 7.29. The van der Waals surface area contributed by atoms with Gasteiger partial charge in [0, 0.05) is 12.2 Å². The molecule has 1 aromatic carbocycles. The van der Waals surface area contributed by atoms with Crippen LogP contribution in [-0.4, -0.2) is 11.5 Å². The summed E-state index contributed by atoms with van der Waals surface area (Å²) in [6, 6.07) is 10.5. The van der Waals surface area contributed by atoms with E-state index < -0.39 is 0 Å². The molecule has 0 bridgehead atoms. The molecule has 0 atom stereocenters. The summed E-state index contributed by atoms with van der Waals surface area (Å²) in [5, 5.41) is 0. The highest BCUT2D eigenvalue weighted by Gasteiger charge is 1.95. The lowest BCUT2D eigenvalue weighted by Gasteiger charge is -2.01. The van der Waals surface area contributed by atoms with Gasteiger partial charge in [0.2, 0.25) is 0 Å². The lowest BCUT2D eigenvalue weighted by atomic mass is 10.2. The molecule has 0 unspecified atom stereocenters. The maximum Gasteiger partial charge on any atom is 0.129 e. The van der Waals surface area contributed by atoms with Gasteiger partial charge in [0.1, 0.15) is 5.78 Å². The Morgan fingerprint density at radius 3 is 2.60 bits per heavy atom. The van der Waals surface area contributed by atoms with Crippen LogP contribution in [0.2, 0.25) is 0 Å². The van der Waals surface area contributed by atoms with Crippen LogP contribution in [0.1, 0.15) is 31.7 Å². The second-order valence-electron chi connectivity index (χ2n) is 3.70. The zero-order valence-corrected chi connectivity index (χ0v) is 10.1. The third-order valence-corrected chi connectivity index (χ3v) is 3.29. The second kappa shape index (κ2) is 7.52. The van der Waals surface area contributed by atoms with Crippen molar-refractivity contribution in [3.05, 3.63) is 35.9 Å². The molecule has 0 spiro atoms. The zero-order chi connectivity index (χ0) is 10.9. The fourth-order valence-electron chi connectivity index (χ4n) is 1.34. The van der Waals surface area contributed by atoms with Gasteiger partial charge in [-0.3, -0.25) is 0 Å². The number of hydrogen-bond acceptors (Lipinski definition) is 2. The maximum atomic E-state index is 10.7. The van der Waals surface area contributed by atoms with Gasteiger partial charge in [-0.2, -0.15) is 11.8 Å². The molecular weight excluding hydrogens is 204 g/mol. The lowest BCUT2D eigenvalue weighted by Crippen LogP contribution is -1.90. The van der Waals surface area contributed by atoms with Crippen molar-refractivity contribution >= 4 is 17.5 Å². The van der Waals surface area contributed by atoms with E-state index >= 15 is 0 Å². The number of unbranched alkanes of at least 4 members (excludes halogenated alkanes) is 1. The molecule has 0 N–H and O–H groups in total. The van der Waals surface area contributed by atoms with Crippen LogP contribution in [-0.2, 0) is 10.5 Å². The van der Waals surface area contributed by atoms with E-state index in [0.29, 0.717) is 5.78 Å². The van der Waals surface area contributed by atoms with Crippen LogP contribution in [0.3, 0.4) is 0 Å². The normalized spacial score (nSPS) is 10.2. The van der Waals surface area contributed by atoms with E-state index in [-0.39, 0.29) is 0 Å². The molecule has 1 rings (SSSR count). The molecule has 1 aromatic rings. The van der Waals surface area contributed by atoms with Gasteiger partial charge in [-0.1, -0.05) is 30.3 Å². The smallest absolute Gasteiger partial charge is 0.129 e. The largest absolute Gasteiger partial charge is 0.300 e. The number of Topliss-reactive ketones (excluding diaryl/α,β-unsaturated/α-hetero) is 1. The van der Waals surface area contributed by atoms with Gasteiger partial charge in [0.05, 0.1) is 0 Å². The number of carbonyl (C=O) groups is 1. The molecule has 82 valence electrons. The van der Waals surface area contributed by atoms with Crippen LogP contribution in [0.5, 0.6) is 0 Å². The highest BCUT2D eigenvalue weighted by atomic mass is 32.2. The van der Waals surface area contributed by atoms with Crippen LogP contribution in [0.15, 0.2) is 30.3 Å². The Labute approximate surface area is 96.3 Å². The first-order valence-corrected chi connectivity index (χ1v) is 6.55. The van der Waals surface area contributed by atoms with Crippen molar-refractivity contribution in [2.45, 2.75) is 31.9 Å². The summed E-state index contributed by atoms with van der Waals surface area (Å²) in [4.78, 5) is 10.7. The molecule has 0 amide bonds. The van der Waals surface area contributed by atoms with E-state index in [1.165, 1.54) is 5.56 Å². The Kier molecular flexibility index (Phi) is 6.17. The van der Waals surface area contributed by atoms with Crippen molar-refractivity contribution < 1.29 is 4.79 Å². The zero-order valence-electron chi connectivity index (χ0n) is 9.24. The van der Waals surface area contributed by atoms with E-state index in [9.17, 15) is 4.79 Å². The topological polar surface area (TPSA) is 17.1 Å². The number of benzene rings is 1. The monoisotopic (exact) mass is 222 g/mol. The van der Waals surface area contributed by atoms with E-state index in [4.69, 9.17) is 0 Å². The fourth-order valence-corrected chi connectivity index (χ4v) is 2.32. The molecule has 15 heavy (non-hydrogen) atoms. The Hall–Kier alpha value is -0.760. The molecule has 0 fully saturated rings. The summed E-state index contributed by atoms with van der Waals surface area (Å²) >= 11 is 1.95. The minimum atomic E-state index is 0.308. The summed E-state index contributed by atoms with van der Waals surface area (Å²) in [5.74, 6) is 2.55. The number of ketones is 1. The Morgan fingerprint density at radius 1 is 1.20 bits per heavy atom. The first-order valence-electron chi connectivity index (χ1n) is 5.40. The van der Waals surface area contributed by atoms with Gasteiger partial charge in [-0.15, -0.1) is 0 Å². The Balaban J connectivity index is 2.00. The summed E-state index contributed by atoms with van der Waals surface area (Å²) in [6.07, 6.45) is 2.93. The van der Waals surface area contributed by atoms with Gasteiger partial charge < -0.3 is 4.79 Å². The third kappa shape index (κ3) is 6.34. The number of hydrogen-bond donors (Lipinski definition) is 0. The maximum absolute atomic E-state index is 10.7. The molecule has 0 saturated heterocycles. The predicted octanol–water partition coefficient (Wildman–Crippen LogP) is 3.68.